The van der Waals surface area contributed by atoms with Gasteiger partial charge < -0.3 is 20.9 Å². The zero-order chi connectivity index (χ0) is 23.4. The Bertz CT molecular complexity index is 1120. The molecule has 0 radical (unpaired) electrons. The second-order valence-electron chi connectivity index (χ2n) is 9.71. The summed E-state index contributed by atoms with van der Waals surface area (Å²) < 4.78 is 0. The topological polar surface area (TPSA) is 61.6 Å². The van der Waals surface area contributed by atoms with Crippen LogP contribution in [0.4, 0.5) is 5.69 Å². The SMILES string of the molecule is NCCCCCc1ccc2ccccc2c1CN1CN(c2ccccc2)C2(CCNCC2)C1=O. The standard InChI is InChI=1S/C29H36N4O/c30-18-8-2-3-9-24-15-14-23-10-6-7-13-26(23)27(24)21-32-22-33(25-11-4-1-5-12-25)29(28(32)34)16-19-31-20-17-29/h1,4-7,10-15,31H,2-3,8-9,16-22,30H2. The summed E-state index contributed by atoms with van der Waals surface area (Å²) in [5, 5.41) is 5.96. The first kappa shape index (κ1) is 22.9. The number of piperidine rings is 1. The van der Waals surface area contributed by atoms with Gasteiger partial charge in [0, 0.05) is 12.2 Å². The Morgan fingerprint density at radius 1 is 0.882 bits per heavy atom. The lowest BCUT2D eigenvalue weighted by atomic mass is 9.86. The minimum atomic E-state index is -0.446. The van der Waals surface area contributed by atoms with Crippen molar-refractivity contribution >= 4 is 22.4 Å². The van der Waals surface area contributed by atoms with Crippen molar-refractivity contribution in [1.82, 2.24) is 10.2 Å². The minimum Gasteiger partial charge on any atom is -0.339 e. The number of nitrogens with two attached hydrogens (primary N) is 1. The van der Waals surface area contributed by atoms with Gasteiger partial charge in [0.2, 0.25) is 5.91 Å². The molecule has 2 aliphatic rings. The summed E-state index contributed by atoms with van der Waals surface area (Å²) in [4.78, 5) is 18.5. The van der Waals surface area contributed by atoms with Crippen molar-refractivity contribution in [3.8, 4) is 0 Å². The average Bonchev–Trinajstić information content (AvgIpc) is 3.14. The van der Waals surface area contributed by atoms with E-state index in [-0.39, 0.29) is 5.91 Å². The third kappa shape index (κ3) is 4.30. The Morgan fingerprint density at radius 3 is 2.44 bits per heavy atom. The van der Waals surface area contributed by atoms with E-state index in [9.17, 15) is 4.79 Å². The Balaban J connectivity index is 1.48. The van der Waals surface area contributed by atoms with Crippen molar-refractivity contribution in [3.63, 3.8) is 0 Å². The molecule has 3 aromatic rings. The van der Waals surface area contributed by atoms with Crippen LogP contribution in [0.3, 0.4) is 0 Å². The van der Waals surface area contributed by atoms with E-state index in [1.807, 2.05) is 6.07 Å². The van der Waals surface area contributed by atoms with Crippen LogP contribution in [0.2, 0.25) is 0 Å². The molecule has 0 aliphatic carbocycles. The number of carbonyl (C=O) groups is 1. The number of aryl methyl sites for hydroxylation is 1. The number of anilines is 1. The van der Waals surface area contributed by atoms with Gasteiger partial charge in [-0.15, -0.1) is 0 Å². The van der Waals surface area contributed by atoms with Crippen molar-refractivity contribution in [3.05, 3.63) is 77.9 Å². The fourth-order valence-electron chi connectivity index (χ4n) is 5.79. The molecule has 2 aliphatic heterocycles. The number of para-hydroxylation sites is 1. The number of hydrogen-bond acceptors (Lipinski definition) is 4. The Kier molecular flexibility index (Phi) is 6.84. The second-order valence-corrected chi connectivity index (χ2v) is 9.71. The van der Waals surface area contributed by atoms with Crippen LogP contribution in [0.25, 0.3) is 10.8 Å². The van der Waals surface area contributed by atoms with Gasteiger partial charge in [-0.2, -0.15) is 0 Å². The molecule has 0 atom stereocenters. The maximum Gasteiger partial charge on any atom is 0.250 e. The van der Waals surface area contributed by atoms with Gasteiger partial charge >= 0.3 is 0 Å². The number of amides is 1. The van der Waals surface area contributed by atoms with Gasteiger partial charge in [-0.1, -0.05) is 61.0 Å². The van der Waals surface area contributed by atoms with Crippen LogP contribution in [0.15, 0.2) is 66.7 Å². The van der Waals surface area contributed by atoms with E-state index < -0.39 is 5.54 Å². The van der Waals surface area contributed by atoms with Crippen LogP contribution >= 0.6 is 0 Å². The first-order chi connectivity index (χ1) is 16.7. The van der Waals surface area contributed by atoms with Crippen molar-refractivity contribution < 1.29 is 4.79 Å². The zero-order valence-electron chi connectivity index (χ0n) is 20.0. The third-order valence-electron chi connectivity index (χ3n) is 7.65. The number of carbonyl (C=O) groups excluding carboxylic acids is 1. The first-order valence-corrected chi connectivity index (χ1v) is 12.8. The number of nitrogens with one attached hydrogen (secondary N) is 1. The molecule has 2 fully saturated rings. The lowest BCUT2D eigenvalue weighted by Crippen LogP contribution is -2.55. The fourth-order valence-corrected chi connectivity index (χ4v) is 5.79. The summed E-state index contributed by atoms with van der Waals surface area (Å²) in [5.74, 6) is 0.278. The summed E-state index contributed by atoms with van der Waals surface area (Å²) in [6, 6.07) is 23.6. The van der Waals surface area contributed by atoms with E-state index in [1.165, 1.54) is 21.9 Å². The van der Waals surface area contributed by atoms with E-state index in [1.54, 1.807) is 0 Å². The van der Waals surface area contributed by atoms with E-state index >= 15 is 0 Å². The van der Waals surface area contributed by atoms with Gasteiger partial charge in [-0.25, -0.2) is 0 Å². The lowest BCUT2D eigenvalue weighted by Gasteiger charge is -2.40. The monoisotopic (exact) mass is 456 g/mol. The third-order valence-corrected chi connectivity index (χ3v) is 7.65. The molecule has 3 N–H and O–H groups in total. The molecule has 0 saturated carbocycles. The second kappa shape index (κ2) is 10.2. The van der Waals surface area contributed by atoms with Crippen molar-refractivity contribution in [2.45, 2.75) is 50.6 Å². The number of benzene rings is 3. The van der Waals surface area contributed by atoms with Crippen LogP contribution in [0, 0.1) is 0 Å². The molecular formula is C29H36N4O. The molecule has 0 aromatic heterocycles. The quantitative estimate of drug-likeness (QED) is 0.492. The fraction of sp³-hybridized carbons (Fsp3) is 0.414. The minimum absolute atomic E-state index is 0.278. The number of fused-ring (bicyclic) bond motifs is 1. The molecule has 3 aromatic carbocycles. The Morgan fingerprint density at radius 2 is 1.65 bits per heavy atom. The normalized spacial score (nSPS) is 17.7. The summed E-state index contributed by atoms with van der Waals surface area (Å²) in [5.41, 5.74) is 9.07. The van der Waals surface area contributed by atoms with Gasteiger partial charge in [0.15, 0.2) is 0 Å². The van der Waals surface area contributed by atoms with Crippen LogP contribution in [0.1, 0.15) is 43.2 Å². The smallest absolute Gasteiger partial charge is 0.250 e. The van der Waals surface area contributed by atoms with Crippen LogP contribution < -0.4 is 16.0 Å². The van der Waals surface area contributed by atoms with Gasteiger partial charge in [-0.3, -0.25) is 4.79 Å². The summed E-state index contributed by atoms with van der Waals surface area (Å²) in [6.45, 7) is 3.80. The summed E-state index contributed by atoms with van der Waals surface area (Å²) in [6.07, 6.45) is 6.05. The van der Waals surface area contributed by atoms with Crippen molar-refractivity contribution in [1.29, 1.82) is 0 Å². The number of unbranched alkanes of at least 4 members (excludes halogenated alkanes) is 2. The lowest BCUT2D eigenvalue weighted by molar-refractivity contribution is -0.133. The molecule has 5 nitrogen and oxygen atoms in total. The van der Waals surface area contributed by atoms with Crippen LogP contribution in [0.5, 0.6) is 0 Å². The van der Waals surface area contributed by atoms with Gasteiger partial charge in [0.1, 0.15) is 5.54 Å². The molecule has 34 heavy (non-hydrogen) atoms. The zero-order valence-corrected chi connectivity index (χ0v) is 20.0. The maximum atomic E-state index is 14.1. The molecule has 2 heterocycles. The molecular weight excluding hydrogens is 420 g/mol. The van der Waals surface area contributed by atoms with Crippen molar-refractivity contribution in [2.75, 3.05) is 31.2 Å². The highest BCUT2D eigenvalue weighted by molar-refractivity contribution is 5.94. The molecule has 5 rings (SSSR count). The van der Waals surface area contributed by atoms with Gasteiger partial charge in [-0.05, 0) is 85.8 Å². The number of nitrogens with zero attached hydrogens (tertiary/aromatic N) is 2. The predicted octanol–water partition coefficient (Wildman–Crippen LogP) is 4.44. The summed E-state index contributed by atoms with van der Waals surface area (Å²) in [7, 11) is 0. The molecule has 5 heteroatoms. The van der Waals surface area contributed by atoms with Gasteiger partial charge in [0.05, 0.1) is 6.67 Å². The number of hydrogen-bond donors (Lipinski definition) is 2. The molecule has 1 spiro atoms. The van der Waals surface area contributed by atoms with Crippen LogP contribution in [-0.4, -0.2) is 42.6 Å². The Hall–Kier alpha value is -2.89. The van der Waals surface area contributed by atoms with Gasteiger partial charge in [0.25, 0.3) is 0 Å². The van der Waals surface area contributed by atoms with E-state index in [0.29, 0.717) is 13.2 Å². The molecule has 178 valence electrons. The predicted molar refractivity (Wildman–Crippen MR) is 140 cm³/mol. The molecule has 1 amide bonds. The summed E-state index contributed by atoms with van der Waals surface area (Å²) >= 11 is 0. The highest BCUT2D eigenvalue weighted by Gasteiger charge is 2.52. The molecule has 2 saturated heterocycles. The first-order valence-electron chi connectivity index (χ1n) is 12.8. The van der Waals surface area contributed by atoms with Crippen LogP contribution in [-0.2, 0) is 17.8 Å². The van der Waals surface area contributed by atoms with E-state index in [0.717, 1.165) is 63.8 Å². The number of rotatable bonds is 8. The van der Waals surface area contributed by atoms with E-state index in [4.69, 9.17) is 5.73 Å². The van der Waals surface area contributed by atoms with Crippen molar-refractivity contribution in [2.24, 2.45) is 5.73 Å². The van der Waals surface area contributed by atoms with E-state index in [2.05, 4.69) is 75.8 Å². The largest absolute Gasteiger partial charge is 0.339 e. The highest BCUT2D eigenvalue weighted by atomic mass is 16.2. The maximum absolute atomic E-state index is 14.1. The Labute approximate surface area is 202 Å². The average molecular weight is 457 g/mol. The molecule has 0 bridgehead atoms. The highest BCUT2D eigenvalue weighted by Crippen LogP contribution is 2.39. The molecule has 0 unspecified atom stereocenters.